The highest BCUT2D eigenvalue weighted by molar-refractivity contribution is 6.05. The molecule has 1 aliphatic rings. The Balaban J connectivity index is 1.83. The molecule has 3 N–H and O–H groups in total. The van der Waals surface area contributed by atoms with Crippen molar-refractivity contribution in [3.63, 3.8) is 0 Å². The maximum atomic E-state index is 12.7. The van der Waals surface area contributed by atoms with Crippen LogP contribution in [0.2, 0.25) is 0 Å². The van der Waals surface area contributed by atoms with Crippen molar-refractivity contribution in [2.75, 3.05) is 19.7 Å². The SMILES string of the molecule is CC(C)n1nc(C(=O)N[C@@H]2CNC[C@@H](CO)C2)c2ccccc21. The number of aliphatic hydroxyl groups is 1. The molecule has 0 unspecified atom stereocenters. The lowest BCUT2D eigenvalue weighted by atomic mass is 9.96. The van der Waals surface area contributed by atoms with E-state index in [2.05, 4.69) is 29.6 Å². The number of nitrogens with one attached hydrogen (secondary N) is 2. The van der Waals surface area contributed by atoms with E-state index in [1.807, 2.05) is 28.9 Å². The van der Waals surface area contributed by atoms with Crippen molar-refractivity contribution in [1.82, 2.24) is 20.4 Å². The van der Waals surface area contributed by atoms with Crippen LogP contribution in [0.5, 0.6) is 0 Å². The number of fused-ring (bicyclic) bond motifs is 1. The van der Waals surface area contributed by atoms with Crippen LogP contribution in [0.15, 0.2) is 24.3 Å². The van der Waals surface area contributed by atoms with Gasteiger partial charge in [0.25, 0.3) is 5.91 Å². The molecule has 1 aromatic carbocycles. The van der Waals surface area contributed by atoms with Gasteiger partial charge in [-0.05, 0) is 32.3 Å². The van der Waals surface area contributed by atoms with Crippen LogP contribution < -0.4 is 10.6 Å². The van der Waals surface area contributed by atoms with E-state index in [1.54, 1.807) is 0 Å². The van der Waals surface area contributed by atoms with Gasteiger partial charge < -0.3 is 15.7 Å². The molecule has 2 atom stereocenters. The first-order valence-corrected chi connectivity index (χ1v) is 8.19. The van der Waals surface area contributed by atoms with Gasteiger partial charge in [-0.15, -0.1) is 0 Å². The summed E-state index contributed by atoms with van der Waals surface area (Å²) in [5, 5.41) is 21.0. The Morgan fingerprint density at radius 3 is 2.96 bits per heavy atom. The maximum absolute atomic E-state index is 12.7. The average molecular weight is 316 g/mol. The summed E-state index contributed by atoms with van der Waals surface area (Å²) in [6, 6.07) is 8.03. The van der Waals surface area contributed by atoms with Crippen molar-refractivity contribution in [2.24, 2.45) is 5.92 Å². The first kappa shape index (κ1) is 16.0. The van der Waals surface area contributed by atoms with Crippen molar-refractivity contribution in [2.45, 2.75) is 32.4 Å². The second-order valence-electron chi connectivity index (χ2n) is 6.52. The van der Waals surface area contributed by atoms with Crippen molar-refractivity contribution in [1.29, 1.82) is 0 Å². The van der Waals surface area contributed by atoms with Gasteiger partial charge in [-0.3, -0.25) is 9.48 Å². The van der Waals surface area contributed by atoms with E-state index in [0.717, 1.165) is 30.4 Å². The predicted octanol–water partition coefficient (Wildman–Crippen LogP) is 1.32. The second kappa shape index (κ2) is 6.68. The third-order valence-electron chi connectivity index (χ3n) is 4.35. The Labute approximate surface area is 135 Å². The summed E-state index contributed by atoms with van der Waals surface area (Å²) in [6.07, 6.45) is 0.790. The zero-order valence-electron chi connectivity index (χ0n) is 13.6. The molecule has 1 amide bonds. The smallest absolute Gasteiger partial charge is 0.272 e. The molecule has 1 aliphatic heterocycles. The highest BCUT2D eigenvalue weighted by atomic mass is 16.3. The fourth-order valence-electron chi connectivity index (χ4n) is 3.18. The molecule has 0 spiro atoms. The molecule has 6 heteroatoms. The molecular weight excluding hydrogens is 292 g/mol. The van der Waals surface area contributed by atoms with Crippen LogP contribution in [0, 0.1) is 5.92 Å². The number of aliphatic hydroxyl groups excluding tert-OH is 1. The molecule has 1 saturated heterocycles. The molecule has 0 radical (unpaired) electrons. The highest BCUT2D eigenvalue weighted by Crippen LogP contribution is 2.22. The molecular formula is C17H24N4O2. The second-order valence-corrected chi connectivity index (χ2v) is 6.52. The average Bonchev–Trinajstić information content (AvgIpc) is 2.95. The van der Waals surface area contributed by atoms with Crippen LogP contribution >= 0.6 is 0 Å². The number of hydrogen-bond acceptors (Lipinski definition) is 4. The molecule has 6 nitrogen and oxygen atoms in total. The lowest BCUT2D eigenvalue weighted by molar-refractivity contribution is 0.0908. The number of para-hydroxylation sites is 1. The molecule has 23 heavy (non-hydrogen) atoms. The predicted molar refractivity (Wildman–Crippen MR) is 89.4 cm³/mol. The summed E-state index contributed by atoms with van der Waals surface area (Å²) >= 11 is 0. The monoisotopic (exact) mass is 316 g/mol. The molecule has 124 valence electrons. The Morgan fingerprint density at radius 2 is 2.22 bits per heavy atom. The van der Waals surface area contributed by atoms with Crippen LogP contribution in [-0.2, 0) is 0 Å². The minimum absolute atomic E-state index is 0.0244. The summed E-state index contributed by atoms with van der Waals surface area (Å²) in [5.41, 5.74) is 1.45. The van der Waals surface area contributed by atoms with Crippen LogP contribution in [0.25, 0.3) is 10.9 Å². The minimum Gasteiger partial charge on any atom is -0.396 e. The molecule has 1 aromatic heterocycles. The number of aromatic nitrogens is 2. The normalized spacial score (nSPS) is 21.7. The van der Waals surface area contributed by atoms with E-state index < -0.39 is 0 Å². The first-order chi connectivity index (χ1) is 11.1. The lowest BCUT2D eigenvalue weighted by Gasteiger charge is -2.29. The number of hydrogen-bond donors (Lipinski definition) is 3. The van der Waals surface area contributed by atoms with Gasteiger partial charge in [0, 0.05) is 37.2 Å². The molecule has 0 saturated carbocycles. The van der Waals surface area contributed by atoms with Crippen molar-refractivity contribution in [3.05, 3.63) is 30.0 Å². The summed E-state index contributed by atoms with van der Waals surface area (Å²) in [5.74, 6) is 0.0463. The van der Waals surface area contributed by atoms with Gasteiger partial charge in [0.15, 0.2) is 5.69 Å². The summed E-state index contributed by atoms with van der Waals surface area (Å²) in [6.45, 7) is 5.78. The fraction of sp³-hybridized carbons (Fsp3) is 0.529. The van der Waals surface area contributed by atoms with Gasteiger partial charge in [0.1, 0.15) is 0 Å². The number of piperidine rings is 1. The summed E-state index contributed by atoms with van der Waals surface area (Å²) in [7, 11) is 0. The third kappa shape index (κ3) is 3.23. The topological polar surface area (TPSA) is 79.2 Å². The van der Waals surface area contributed by atoms with E-state index in [-0.39, 0.29) is 30.5 Å². The Morgan fingerprint density at radius 1 is 1.43 bits per heavy atom. The maximum Gasteiger partial charge on any atom is 0.272 e. The molecule has 0 aliphatic carbocycles. The number of amides is 1. The van der Waals surface area contributed by atoms with Crippen LogP contribution in [0.4, 0.5) is 0 Å². The van der Waals surface area contributed by atoms with Gasteiger partial charge in [-0.25, -0.2) is 0 Å². The minimum atomic E-state index is -0.147. The molecule has 3 rings (SSSR count). The summed E-state index contributed by atoms with van der Waals surface area (Å²) < 4.78 is 1.89. The zero-order valence-corrected chi connectivity index (χ0v) is 13.6. The molecule has 2 heterocycles. The Bertz CT molecular complexity index is 695. The molecule has 2 aromatic rings. The molecule has 1 fully saturated rings. The van der Waals surface area contributed by atoms with Crippen molar-refractivity contribution < 1.29 is 9.90 Å². The van der Waals surface area contributed by atoms with Crippen molar-refractivity contribution >= 4 is 16.8 Å². The number of rotatable bonds is 4. The van der Waals surface area contributed by atoms with E-state index in [4.69, 9.17) is 0 Å². The highest BCUT2D eigenvalue weighted by Gasteiger charge is 2.25. The fourth-order valence-corrected chi connectivity index (χ4v) is 3.18. The van der Waals surface area contributed by atoms with Crippen LogP contribution in [-0.4, -0.2) is 46.5 Å². The van der Waals surface area contributed by atoms with E-state index in [9.17, 15) is 9.90 Å². The standard InChI is InChI=1S/C17H24N4O2/c1-11(2)21-15-6-4-3-5-14(15)16(20-21)17(23)19-13-7-12(10-22)8-18-9-13/h3-6,11-13,18,22H,7-10H2,1-2H3,(H,19,23)/t12-,13-/m0/s1. The third-order valence-corrected chi connectivity index (χ3v) is 4.35. The number of nitrogens with zero attached hydrogens (tertiary/aromatic N) is 2. The summed E-state index contributed by atoms with van der Waals surface area (Å²) in [4.78, 5) is 12.7. The molecule has 0 bridgehead atoms. The van der Waals surface area contributed by atoms with Crippen LogP contribution in [0.1, 0.15) is 36.8 Å². The van der Waals surface area contributed by atoms with Crippen LogP contribution in [0.3, 0.4) is 0 Å². The largest absolute Gasteiger partial charge is 0.396 e. The van der Waals surface area contributed by atoms with E-state index in [1.165, 1.54) is 0 Å². The van der Waals surface area contributed by atoms with E-state index >= 15 is 0 Å². The van der Waals surface area contributed by atoms with Gasteiger partial charge in [-0.1, -0.05) is 18.2 Å². The van der Waals surface area contributed by atoms with Gasteiger partial charge in [-0.2, -0.15) is 5.10 Å². The van der Waals surface area contributed by atoms with Gasteiger partial charge in [0.05, 0.1) is 5.52 Å². The first-order valence-electron chi connectivity index (χ1n) is 8.19. The zero-order chi connectivity index (χ0) is 16.4. The van der Waals surface area contributed by atoms with Crippen molar-refractivity contribution in [3.8, 4) is 0 Å². The van der Waals surface area contributed by atoms with Gasteiger partial charge in [0.2, 0.25) is 0 Å². The van der Waals surface area contributed by atoms with Gasteiger partial charge >= 0.3 is 0 Å². The number of carbonyl (C=O) groups is 1. The Hall–Kier alpha value is -1.92. The quantitative estimate of drug-likeness (QED) is 0.795. The lowest BCUT2D eigenvalue weighted by Crippen LogP contribution is -2.49. The van der Waals surface area contributed by atoms with E-state index in [0.29, 0.717) is 5.69 Å². The number of carbonyl (C=O) groups excluding carboxylic acids is 1. The number of benzene rings is 1. The Kier molecular flexibility index (Phi) is 4.63.